The zero-order valence-corrected chi connectivity index (χ0v) is 22.3. The molecule has 0 aliphatic rings. The molecule has 2 aromatic rings. The fourth-order valence-electron chi connectivity index (χ4n) is 3.80. The molecular weight excluding hydrogens is 554 g/mol. The van der Waals surface area contributed by atoms with Crippen LogP contribution in [0, 0.1) is 12.7 Å². The Balaban J connectivity index is 3.05. The summed E-state index contributed by atoms with van der Waals surface area (Å²) >= 11 is 0. The molecule has 1 unspecified atom stereocenters. The van der Waals surface area contributed by atoms with E-state index in [1.165, 1.54) is 6.92 Å². The highest BCUT2D eigenvalue weighted by Gasteiger charge is 2.41. The predicted molar refractivity (Wildman–Crippen MR) is 135 cm³/mol. The van der Waals surface area contributed by atoms with Gasteiger partial charge in [-0.2, -0.15) is 36.3 Å². The van der Waals surface area contributed by atoms with Crippen LogP contribution in [0.25, 0.3) is 17.2 Å². The average molecular weight is 584 g/mol. The summed E-state index contributed by atoms with van der Waals surface area (Å²) in [6.07, 6.45) is -12.7. The molecule has 0 radical (unpaired) electrons. The van der Waals surface area contributed by atoms with Gasteiger partial charge in [-0.1, -0.05) is 13.5 Å². The van der Waals surface area contributed by atoms with Crippen LogP contribution in [0.4, 0.5) is 46.6 Å². The van der Waals surface area contributed by atoms with Gasteiger partial charge in [-0.05, 0) is 44.5 Å². The lowest BCUT2D eigenvalue weighted by atomic mass is 9.94. The molecule has 1 atom stereocenters. The number of alkyl halides is 6. The van der Waals surface area contributed by atoms with E-state index in [9.17, 15) is 30.7 Å². The minimum atomic E-state index is -5.14. The molecule has 0 aliphatic heterocycles. The normalized spacial score (nSPS) is 14.4. The molecule has 15 heteroatoms. The van der Waals surface area contributed by atoms with Crippen LogP contribution in [-0.4, -0.2) is 49.5 Å². The summed E-state index contributed by atoms with van der Waals surface area (Å²) in [6.45, 7) is 7.03. The van der Waals surface area contributed by atoms with E-state index in [0.717, 1.165) is 21.0 Å². The van der Waals surface area contributed by atoms with Crippen LogP contribution in [-0.2, 0) is 10.9 Å². The van der Waals surface area contributed by atoms with Crippen LogP contribution in [0.2, 0.25) is 0 Å². The van der Waals surface area contributed by atoms with Gasteiger partial charge in [-0.3, -0.25) is 0 Å². The minimum Gasteiger partial charge on any atom is -0.485 e. The number of hydrogen-bond donors (Lipinski definition) is 3. The number of hydrogen-bond acceptors (Lipinski definition) is 7. The smallest absolute Gasteiger partial charge is 0.425 e. The van der Waals surface area contributed by atoms with Gasteiger partial charge in [0.25, 0.3) is 0 Å². The largest absolute Gasteiger partial charge is 0.485 e. The number of likely N-dealkylation sites (N-methyl/N-ethyl adjacent to an activating group) is 1. The quantitative estimate of drug-likeness (QED) is 0.216. The molecule has 1 aromatic heterocycles. The number of aromatic nitrogens is 2. The molecule has 4 N–H and O–H groups in total. The second kappa shape index (κ2) is 12.7. The van der Waals surface area contributed by atoms with E-state index in [4.69, 9.17) is 15.2 Å². The number of nitrogens with two attached hydrogens (primary N) is 1. The van der Waals surface area contributed by atoms with Gasteiger partial charge in [0.15, 0.2) is 11.9 Å². The van der Waals surface area contributed by atoms with Crippen molar-refractivity contribution in [2.45, 2.75) is 45.6 Å². The van der Waals surface area contributed by atoms with Crippen LogP contribution in [0.3, 0.4) is 0 Å². The fourth-order valence-corrected chi connectivity index (χ4v) is 3.80. The highest BCUT2D eigenvalue weighted by Crippen LogP contribution is 2.41. The first-order chi connectivity index (χ1) is 18.5. The van der Waals surface area contributed by atoms with Gasteiger partial charge in [-0.15, -0.1) is 0 Å². The third kappa shape index (κ3) is 7.11. The van der Waals surface area contributed by atoms with Crippen LogP contribution >= 0.6 is 0 Å². The number of nitrogens with one attached hydrogen (secondary N) is 2. The predicted octanol–water partition coefficient (Wildman–Crippen LogP) is 4.44. The van der Waals surface area contributed by atoms with Gasteiger partial charge < -0.3 is 25.8 Å². The van der Waals surface area contributed by atoms with Crippen LogP contribution in [0.1, 0.15) is 37.0 Å². The zero-order chi connectivity index (χ0) is 30.6. The van der Waals surface area contributed by atoms with Crippen LogP contribution in [0.15, 0.2) is 12.6 Å². The van der Waals surface area contributed by atoms with Gasteiger partial charge in [0.1, 0.15) is 22.7 Å². The molecule has 0 spiro atoms. The van der Waals surface area contributed by atoms with Gasteiger partial charge >= 0.3 is 18.4 Å². The van der Waals surface area contributed by atoms with Crippen molar-refractivity contribution < 1.29 is 44.6 Å². The summed E-state index contributed by atoms with van der Waals surface area (Å²) in [6, 6.07) is 0.108. The van der Waals surface area contributed by atoms with Gasteiger partial charge in [0, 0.05) is 18.7 Å². The Labute approximate surface area is 224 Å². The lowest BCUT2D eigenvalue weighted by molar-refractivity contribution is -0.203. The standard InChI is InChI=1S/C25H29F8N5O2/c1-7-16(24(28,29)30)40-13(4)17-21(37-23(39-6)38-22(17)36-9-8-35-5)20(27)11(2)14-10-15(34)19(26)12(3)18(14)25(31,32)33/h10,16,35H,2,7-9,34H2,1,3-6H3,(H,36,37,38)/b17-13-,21-20-. The second-order valence-electron chi connectivity index (χ2n) is 8.54. The average Bonchev–Trinajstić information content (AvgIpc) is 2.87. The first kappa shape index (κ1) is 32.6. The first-order valence-electron chi connectivity index (χ1n) is 11.8. The summed E-state index contributed by atoms with van der Waals surface area (Å²) in [4.78, 5) is 7.90. The first-order valence-corrected chi connectivity index (χ1v) is 11.8. The minimum absolute atomic E-state index is 0.140. The number of allylic oxidation sites excluding steroid dienone is 1. The van der Waals surface area contributed by atoms with Gasteiger partial charge in [0.2, 0.25) is 0 Å². The molecular formula is C25H29F8N5O2. The Morgan fingerprint density at radius 3 is 2.27 bits per heavy atom. The number of benzene rings is 1. The highest BCUT2D eigenvalue weighted by atomic mass is 19.4. The zero-order valence-electron chi connectivity index (χ0n) is 22.3. The van der Waals surface area contributed by atoms with Crippen molar-refractivity contribution >= 4 is 28.7 Å². The highest BCUT2D eigenvalue weighted by molar-refractivity contribution is 5.95. The van der Waals surface area contributed by atoms with E-state index < -0.39 is 86.8 Å². The maximum atomic E-state index is 16.1. The van der Waals surface area contributed by atoms with E-state index in [2.05, 4.69) is 27.2 Å². The maximum Gasteiger partial charge on any atom is 0.425 e. The van der Waals surface area contributed by atoms with E-state index in [1.807, 2.05) is 0 Å². The number of ether oxygens (including phenoxy) is 2. The molecule has 0 saturated heterocycles. The summed E-state index contributed by atoms with van der Waals surface area (Å²) in [5.74, 6) is -3.55. The fraction of sp³-hybridized carbons (Fsp3) is 0.440. The second-order valence-corrected chi connectivity index (χ2v) is 8.54. The molecule has 0 fully saturated rings. The number of rotatable bonds is 10. The number of methoxy groups -OCH3 is 1. The molecule has 0 saturated carbocycles. The number of anilines is 2. The van der Waals surface area contributed by atoms with Gasteiger partial charge in [0.05, 0.1) is 23.6 Å². The lowest BCUT2D eigenvalue weighted by Gasteiger charge is -2.21. The van der Waals surface area contributed by atoms with Crippen molar-refractivity contribution in [2.75, 3.05) is 38.3 Å². The molecule has 0 aliphatic carbocycles. The summed E-state index contributed by atoms with van der Waals surface area (Å²) in [7, 11) is 2.74. The Hall–Kier alpha value is -3.62. The molecule has 7 nitrogen and oxygen atoms in total. The molecule has 1 aromatic carbocycles. The van der Waals surface area contributed by atoms with Crippen LogP contribution < -0.4 is 31.7 Å². The molecule has 0 amide bonds. The monoisotopic (exact) mass is 583 g/mol. The third-order valence-corrected chi connectivity index (χ3v) is 5.75. The van der Waals surface area contributed by atoms with Crippen LogP contribution in [0.5, 0.6) is 6.01 Å². The summed E-state index contributed by atoms with van der Waals surface area (Å²) in [5, 5.41) is 4.43. The van der Waals surface area contributed by atoms with Gasteiger partial charge in [-0.25, -0.2) is 8.78 Å². The molecule has 2 rings (SSSR count). The van der Waals surface area contributed by atoms with Crippen molar-refractivity contribution in [3.63, 3.8) is 0 Å². The van der Waals surface area contributed by atoms with Crippen molar-refractivity contribution in [2.24, 2.45) is 0 Å². The van der Waals surface area contributed by atoms with Crippen molar-refractivity contribution in [3.8, 4) is 6.01 Å². The topological polar surface area (TPSA) is 94.3 Å². The van der Waals surface area contributed by atoms with E-state index in [-0.39, 0.29) is 12.4 Å². The molecule has 222 valence electrons. The SMILES string of the molecule is C=C(/C(F)=c1/nc(OC)nc(NCCNC)/c1=C(/C)OC(CC)C(F)(F)F)c1cc(N)c(F)c(C)c1C(F)(F)F. The Morgan fingerprint density at radius 2 is 1.77 bits per heavy atom. The van der Waals surface area contributed by atoms with E-state index in [1.54, 1.807) is 7.05 Å². The van der Waals surface area contributed by atoms with E-state index >= 15 is 4.39 Å². The summed E-state index contributed by atoms with van der Waals surface area (Å²) < 4.78 is 123. The number of halogens is 8. The van der Waals surface area contributed by atoms with Crippen molar-refractivity contribution in [3.05, 3.63) is 45.7 Å². The Morgan fingerprint density at radius 1 is 1.15 bits per heavy atom. The number of nitrogen functional groups attached to an aromatic ring is 1. The lowest BCUT2D eigenvalue weighted by Crippen LogP contribution is -2.39. The van der Waals surface area contributed by atoms with Crippen molar-refractivity contribution in [1.82, 2.24) is 15.3 Å². The molecule has 1 heterocycles. The maximum absolute atomic E-state index is 16.1. The Kier molecular flexibility index (Phi) is 10.3. The third-order valence-electron chi connectivity index (χ3n) is 5.75. The summed E-state index contributed by atoms with van der Waals surface area (Å²) in [5.41, 5.74) is 0.590. The number of nitrogens with zero attached hydrogens (tertiary/aromatic N) is 2. The Bertz CT molecular complexity index is 1370. The van der Waals surface area contributed by atoms with Crippen molar-refractivity contribution in [1.29, 1.82) is 0 Å². The molecule has 0 bridgehead atoms. The molecule has 40 heavy (non-hydrogen) atoms. The van der Waals surface area contributed by atoms with E-state index in [0.29, 0.717) is 12.6 Å².